The Balaban J connectivity index is 4.00. The van der Waals surface area contributed by atoms with Crippen LogP contribution in [0.3, 0.4) is 0 Å². The summed E-state index contributed by atoms with van der Waals surface area (Å²) in [6, 6.07) is 0. The minimum absolute atomic E-state index is 0.249. The van der Waals surface area contributed by atoms with E-state index in [9.17, 15) is 9.59 Å². The zero-order valence-electron chi connectivity index (χ0n) is 8.86. The molecule has 0 bridgehead atoms. The van der Waals surface area contributed by atoms with Crippen LogP contribution in [0.2, 0.25) is 0 Å². The maximum atomic E-state index is 10.9. The van der Waals surface area contributed by atoms with Crippen molar-refractivity contribution in [2.75, 3.05) is 6.61 Å². The van der Waals surface area contributed by atoms with E-state index < -0.39 is 17.7 Å². The van der Waals surface area contributed by atoms with E-state index >= 15 is 0 Å². The molecular formula is C9H15NO4. The van der Waals surface area contributed by atoms with Crippen molar-refractivity contribution in [1.29, 1.82) is 0 Å². The first-order valence-corrected chi connectivity index (χ1v) is 4.29. The summed E-state index contributed by atoms with van der Waals surface area (Å²) in [6.07, 6.45) is 0.00273. The van der Waals surface area contributed by atoms with E-state index in [0.717, 1.165) is 6.21 Å². The fraction of sp³-hybridized carbons (Fsp3) is 0.667. The Kier molecular flexibility index (Phi) is 4.83. The molecule has 0 aliphatic rings. The summed E-state index contributed by atoms with van der Waals surface area (Å²) in [7, 11) is 0. The number of hydrogen-bond donors (Lipinski definition) is 0. The summed E-state index contributed by atoms with van der Waals surface area (Å²) < 4.78 is 9.35. The first kappa shape index (κ1) is 12.6. The van der Waals surface area contributed by atoms with Crippen LogP contribution >= 0.6 is 0 Å². The van der Waals surface area contributed by atoms with Crippen LogP contribution in [0.5, 0.6) is 0 Å². The third-order valence-corrected chi connectivity index (χ3v) is 0.955. The average Bonchev–Trinajstić information content (AvgIpc) is 1.98. The lowest BCUT2D eigenvalue weighted by atomic mass is 10.2. The number of hydrogen-bond acceptors (Lipinski definition) is 4. The number of carbonyl (C=O) groups excluding carboxylic acids is 2. The lowest BCUT2D eigenvalue weighted by molar-refractivity contribution is -0.134. The van der Waals surface area contributed by atoms with Gasteiger partial charge in [-0.25, -0.2) is 9.59 Å². The molecule has 0 atom stereocenters. The molecule has 0 radical (unpaired) electrons. The van der Waals surface area contributed by atoms with Crippen molar-refractivity contribution in [2.24, 2.45) is 4.99 Å². The smallest absolute Gasteiger partial charge is 0.434 e. The molecule has 5 heteroatoms. The molecule has 0 N–H and O–H groups in total. The first-order chi connectivity index (χ1) is 6.35. The van der Waals surface area contributed by atoms with Gasteiger partial charge < -0.3 is 9.47 Å². The molecule has 0 aliphatic heterocycles. The van der Waals surface area contributed by atoms with Gasteiger partial charge in [-0.15, -0.1) is 0 Å². The second-order valence-electron chi connectivity index (χ2n) is 3.49. The molecule has 0 heterocycles. The quantitative estimate of drug-likeness (QED) is 0.502. The fourth-order valence-corrected chi connectivity index (χ4v) is 0.573. The van der Waals surface area contributed by atoms with Crippen molar-refractivity contribution in [2.45, 2.75) is 33.3 Å². The minimum atomic E-state index is -0.800. The topological polar surface area (TPSA) is 65.0 Å². The van der Waals surface area contributed by atoms with E-state index in [0.29, 0.717) is 0 Å². The summed E-state index contributed by atoms with van der Waals surface area (Å²) in [5.41, 5.74) is -0.608. The average molecular weight is 201 g/mol. The number of carbonyl (C=O) groups is 2. The van der Waals surface area contributed by atoms with Crippen LogP contribution in [0, 0.1) is 0 Å². The van der Waals surface area contributed by atoms with Gasteiger partial charge in [-0.1, -0.05) is 0 Å². The number of esters is 1. The van der Waals surface area contributed by atoms with Gasteiger partial charge in [0.25, 0.3) is 0 Å². The van der Waals surface area contributed by atoms with Crippen molar-refractivity contribution in [1.82, 2.24) is 0 Å². The second-order valence-corrected chi connectivity index (χ2v) is 3.49. The SMILES string of the molecule is CCOC(=O)/C=N/C(=O)OC(C)(C)C. The number of aliphatic imine (C=N–C) groups is 1. The fourth-order valence-electron chi connectivity index (χ4n) is 0.573. The normalized spacial score (nSPS) is 11.4. The highest BCUT2D eigenvalue weighted by Gasteiger charge is 2.15. The second kappa shape index (κ2) is 5.36. The van der Waals surface area contributed by atoms with Gasteiger partial charge in [0.15, 0.2) is 0 Å². The van der Waals surface area contributed by atoms with Crippen LogP contribution in [-0.2, 0) is 14.3 Å². The molecule has 5 nitrogen and oxygen atoms in total. The molecule has 0 aliphatic carbocycles. The van der Waals surface area contributed by atoms with E-state index in [1.165, 1.54) is 0 Å². The zero-order valence-corrected chi connectivity index (χ0v) is 8.86. The van der Waals surface area contributed by atoms with Crippen LogP contribution < -0.4 is 0 Å². The predicted molar refractivity (Wildman–Crippen MR) is 51.4 cm³/mol. The van der Waals surface area contributed by atoms with E-state index in [2.05, 4.69) is 9.73 Å². The largest absolute Gasteiger partial charge is 0.462 e. The summed E-state index contributed by atoms with van der Waals surface area (Å²) in [5, 5.41) is 0. The van der Waals surface area contributed by atoms with Gasteiger partial charge in [0.05, 0.1) is 6.61 Å². The van der Waals surface area contributed by atoms with Crippen LogP contribution in [0.15, 0.2) is 4.99 Å². The van der Waals surface area contributed by atoms with E-state index in [1.54, 1.807) is 27.7 Å². The number of nitrogens with zero attached hydrogens (tertiary/aromatic N) is 1. The Morgan fingerprint density at radius 1 is 1.36 bits per heavy atom. The molecule has 1 amide bonds. The monoisotopic (exact) mass is 201 g/mol. The maximum Gasteiger partial charge on any atom is 0.434 e. The lowest BCUT2D eigenvalue weighted by Crippen LogP contribution is -2.22. The van der Waals surface area contributed by atoms with Gasteiger partial charge in [-0.05, 0) is 27.7 Å². The highest BCUT2D eigenvalue weighted by molar-refractivity contribution is 6.24. The Bertz CT molecular complexity index is 240. The van der Waals surface area contributed by atoms with E-state index in [1.807, 2.05) is 0 Å². The summed E-state index contributed by atoms with van der Waals surface area (Å²) in [6.45, 7) is 7.05. The number of amides is 1. The van der Waals surface area contributed by atoms with Gasteiger partial charge >= 0.3 is 12.1 Å². The molecular weight excluding hydrogens is 186 g/mol. The van der Waals surface area contributed by atoms with E-state index in [4.69, 9.17) is 4.74 Å². The van der Waals surface area contributed by atoms with Crippen molar-refractivity contribution in [3.05, 3.63) is 0 Å². The molecule has 0 unspecified atom stereocenters. The molecule has 0 aromatic rings. The van der Waals surface area contributed by atoms with Gasteiger partial charge in [0, 0.05) is 0 Å². The van der Waals surface area contributed by atoms with Crippen LogP contribution in [0.4, 0.5) is 4.79 Å². The number of rotatable bonds is 2. The molecule has 0 aromatic carbocycles. The van der Waals surface area contributed by atoms with E-state index in [-0.39, 0.29) is 6.61 Å². The summed E-state index contributed by atoms with van der Waals surface area (Å²) in [4.78, 5) is 24.9. The van der Waals surface area contributed by atoms with Crippen molar-refractivity contribution < 1.29 is 19.1 Å². The molecule has 0 aromatic heterocycles. The van der Waals surface area contributed by atoms with Crippen LogP contribution in [0.25, 0.3) is 0 Å². The van der Waals surface area contributed by atoms with Gasteiger partial charge in [0.2, 0.25) is 0 Å². The lowest BCUT2D eigenvalue weighted by Gasteiger charge is -2.16. The molecule has 14 heavy (non-hydrogen) atoms. The van der Waals surface area contributed by atoms with Gasteiger partial charge in [-0.3, -0.25) is 0 Å². The van der Waals surface area contributed by atoms with Crippen LogP contribution in [-0.4, -0.2) is 30.5 Å². The highest BCUT2D eigenvalue weighted by Crippen LogP contribution is 2.07. The number of ether oxygens (including phenoxy) is 2. The van der Waals surface area contributed by atoms with Crippen molar-refractivity contribution in [3.63, 3.8) is 0 Å². The minimum Gasteiger partial charge on any atom is -0.462 e. The standard InChI is InChI=1S/C9H15NO4/c1-5-13-7(11)6-10-8(12)14-9(2,3)4/h6H,5H2,1-4H3/b10-6+. The molecule has 0 spiro atoms. The third kappa shape index (κ3) is 7.27. The van der Waals surface area contributed by atoms with Gasteiger partial charge in [-0.2, -0.15) is 4.99 Å². The Labute approximate surface area is 83.1 Å². The molecule has 0 rings (SSSR count). The predicted octanol–water partition coefficient (Wildman–Crippen LogP) is 1.56. The maximum absolute atomic E-state index is 10.9. The van der Waals surface area contributed by atoms with Crippen molar-refractivity contribution >= 4 is 18.3 Å². The Morgan fingerprint density at radius 2 is 1.93 bits per heavy atom. The molecule has 80 valence electrons. The summed E-state index contributed by atoms with van der Waals surface area (Å²) >= 11 is 0. The molecule has 0 fully saturated rings. The summed E-state index contributed by atoms with van der Waals surface area (Å²) in [5.74, 6) is -0.654. The third-order valence-electron chi connectivity index (χ3n) is 0.955. The van der Waals surface area contributed by atoms with Gasteiger partial charge in [0.1, 0.15) is 11.8 Å². The molecule has 0 saturated carbocycles. The van der Waals surface area contributed by atoms with Crippen LogP contribution in [0.1, 0.15) is 27.7 Å². The van der Waals surface area contributed by atoms with Crippen molar-refractivity contribution in [3.8, 4) is 0 Å². The highest BCUT2D eigenvalue weighted by atomic mass is 16.6. The zero-order chi connectivity index (χ0) is 11.2. The molecule has 0 saturated heterocycles. The first-order valence-electron chi connectivity index (χ1n) is 4.29. The Hall–Kier alpha value is -1.39. The Morgan fingerprint density at radius 3 is 2.36 bits per heavy atom.